The van der Waals surface area contributed by atoms with E-state index in [0.717, 1.165) is 11.6 Å². The molecule has 6 rings (SSSR count). The summed E-state index contributed by atoms with van der Waals surface area (Å²) in [7, 11) is 0. The second-order valence-electron chi connectivity index (χ2n) is 13.5. The number of nitrogens with zero attached hydrogens (tertiary/aromatic N) is 9. The number of anilines is 3. The lowest BCUT2D eigenvalue weighted by Crippen LogP contribution is -2.48. The van der Waals surface area contributed by atoms with Gasteiger partial charge < -0.3 is 20.1 Å². The lowest BCUT2D eigenvalue weighted by Gasteiger charge is -2.29. The molecule has 1 aliphatic rings. The Labute approximate surface area is 331 Å². The predicted octanol–water partition coefficient (Wildman–Crippen LogP) is 6.31. The Bertz CT molecular complexity index is 2390. The summed E-state index contributed by atoms with van der Waals surface area (Å²) in [5, 5.41) is 28.3. The zero-order chi connectivity index (χ0) is 41.5. The van der Waals surface area contributed by atoms with Crippen LogP contribution in [0.1, 0.15) is 55.5 Å². The molecule has 0 spiro atoms. The van der Waals surface area contributed by atoms with E-state index in [-0.39, 0.29) is 31.4 Å². The van der Waals surface area contributed by atoms with E-state index in [1.54, 1.807) is 52.4 Å². The number of carbonyl (C=O) groups excluding carboxylic acids is 2. The Balaban J connectivity index is 1.05. The quantitative estimate of drug-likeness (QED) is 0.112. The van der Waals surface area contributed by atoms with Crippen molar-refractivity contribution in [1.82, 2.24) is 29.7 Å². The van der Waals surface area contributed by atoms with Crippen LogP contribution in [0, 0.1) is 29.6 Å². The first kappa shape index (κ1) is 40.7. The van der Waals surface area contributed by atoms with Crippen LogP contribution < -0.4 is 20.3 Å². The van der Waals surface area contributed by atoms with Gasteiger partial charge in [-0.1, -0.05) is 0 Å². The summed E-state index contributed by atoms with van der Waals surface area (Å²) in [6, 6.07) is 16.3. The van der Waals surface area contributed by atoms with Crippen LogP contribution in [-0.4, -0.2) is 73.4 Å². The Morgan fingerprint density at radius 2 is 1.79 bits per heavy atom. The molecule has 0 fully saturated rings. The van der Waals surface area contributed by atoms with Crippen molar-refractivity contribution < 1.29 is 32.2 Å². The summed E-state index contributed by atoms with van der Waals surface area (Å²) in [5.41, 5.74) is -0.541. The molecular formula is C40H38F3N11O4. The fraction of sp³-hybridized carbons (Fsp3) is 0.325. The molecule has 0 saturated carbocycles. The zero-order valence-corrected chi connectivity index (χ0v) is 31.8. The average Bonchev–Trinajstić information content (AvgIpc) is 3.70. The van der Waals surface area contributed by atoms with Crippen molar-refractivity contribution in [3.63, 3.8) is 0 Å². The third-order valence-corrected chi connectivity index (χ3v) is 9.29. The molecule has 5 aromatic rings. The molecule has 298 valence electrons. The van der Waals surface area contributed by atoms with Gasteiger partial charge in [0.1, 0.15) is 24.4 Å². The first-order valence-corrected chi connectivity index (χ1v) is 18.3. The topological polar surface area (TPSA) is 197 Å². The fourth-order valence-corrected chi connectivity index (χ4v) is 6.08. The van der Waals surface area contributed by atoms with Gasteiger partial charge in [0.25, 0.3) is 5.91 Å². The molecule has 0 aliphatic carbocycles. The third kappa shape index (κ3) is 9.36. The van der Waals surface area contributed by atoms with Crippen LogP contribution in [0.5, 0.6) is 5.75 Å². The van der Waals surface area contributed by atoms with E-state index in [1.165, 1.54) is 19.1 Å². The summed E-state index contributed by atoms with van der Waals surface area (Å²) < 4.78 is 54.4. The first-order chi connectivity index (χ1) is 27.8. The summed E-state index contributed by atoms with van der Waals surface area (Å²) in [6.45, 7) is 6.22. The predicted molar refractivity (Wildman–Crippen MR) is 205 cm³/mol. The van der Waals surface area contributed by atoms with Crippen LogP contribution in [0.2, 0.25) is 0 Å². The lowest BCUT2D eigenvalue weighted by atomic mass is 10.0. The molecule has 2 N–H and O–H groups in total. The Kier molecular flexibility index (Phi) is 12.3. The minimum Gasteiger partial charge on any atom is -0.490 e. The van der Waals surface area contributed by atoms with Gasteiger partial charge >= 0.3 is 6.18 Å². The monoisotopic (exact) mass is 793 g/mol. The number of aryl methyl sites for hydroxylation is 2. The standard InChI is InChI=1S/C40H38F3N11O4/c1-4-54-34(55)22-47-36-37(54)51-33(21-46-36)30-14-15-32(49-25(30)2)35-48-24-53(52-35)16-6-5-7-17-58-39(3,23-57-29-12-8-26(19-44)9-13-29)38(56)50-28-11-10-27(20-45)31(18-28)40(41,42)43/h8-15,18,21,24H,4-7,16-17,22-23H2,1-3H3,(H,46,47)(H,50,56)/t39-/m0/s1. The molecule has 1 atom stereocenters. The number of halogens is 3. The molecule has 3 aromatic heterocycles. The van der Waals surface area contributed by atoms with Crippen molar-refractivity contribution in [3.05, 3.63) is 89.5 Å². The number of alkyl halides is 3. The van der Waals surface area contributed by atoms with Gasteiger partial charge in [-0.15, -0.1) is 5.10 Å². The largest absolute Gasteiger partial charge is 0.490 e. The summed E-state index contributed by atoms with van der Waals surface area (Å²) >= 11 is 0. The smallest absolute Gasteiger partial charge is 0.417 e. The molecule has 2 amide bonds. The number of pyridine rings is 1. The van der Waals surface area contributed by atoms with Crippen molar-refractivity contribution in [2.24, 2.45) is 0 Å². The van der Waals surface area contributed by atoms with Gasteiger partial charge in [-0.2, -0.15) is 23.7 Å². The third-order valence-electron chi connectivity index (χ3n) is 9.29. The number of rotatable bonds is 15. The van der Waals surface area contributed by atoms with E-state index >= 15 is 0 Å². The van der Waals surface area contributed by atoms with Crippen LogP contribution in [-0.2, 0) is 27.0 Å². The van der Waals surface area contributed by atoms with E-state index in [1.807, 2.05) is 26.0 Å². The number of nitrogens with one attached hydrogen (secondary N) is 2. The highest BCUT2D eigenvalue weighted by atomic mass is 19.4. The lowest BCUT2D eigenvalue weighted by molar-refractivity contribution is -0.143. The van der Waals surface area contributed by atoms with Crippen molar-refractivity contribution in [2.45, 2.75) is 58.4 Å². The number of ether oxygens (including phenoxy) is 2. The molecular weight excluding hydrogens is 756 g/mol. The second-order valence-corrected chi connectivity index (χ2v) is 13.5. The van der Waals surface area contributed by atoms with Crippen molar-refractivity contribution in [2.75, 3.05) is 41.8 Å². The number of fused-ring (bicyclic) bond motifs is 1. The van der Waals surface area contributed by atoms with Gasteiger partial charge in [0.15, 0.2) is 23.1 Å². The van der Waals surface area contributed by atoms with E-state index in [9.17, 15) is 22.8 Å². The molecule has 15 nitrogen and oxygen atoms in total. The molecule has 18 heteroatoms. The number of hydrogen-bond acceptors (Lipinski definition) is 12. The van der Waals surface area contributed by atoms with E-state index < -0.39 is 28.8 Å². The van der Waals surface area contributed by atoms with Crippen LogP contribution in [0.3, 0.4) is 0 Å². The van der Waals surface area contributed by atoms with Gasteiger partial charge in [-0.05, 0) is 94.6 Å². The number of hydrogen-bond donors (Lipinski definition) is 2. The highest BCUT2D eigenvalue weighted by Gasteiger charge is 2.37. The van der Waals surface area contributed by atoms with Crippen LogP contribution in [0.25, 0.3) is 22.8 Å². The summed E-state index contributed by atoms with van der Waals surface area (Å²) in [4.78, 5) is 45.8. The molecule has 0 bridgehead atoms. The highest BCUT2D eigenvalue weighted by molar-refractivity contribution is 6.01. The van der Waals surface area contributed by atoms with Crippen LogP contribution in [0.4, 0.5) is 30.5 Å². The van der Waals surface area contributed by atoms with Gasteiger partial charge in [-0.25, -0.2) is 19.9 Å². The summed E-state index contributed by atoms with van der Waals surface area (Å²) in [6.07, 6.45) is 0.355. The van der Waals surface area contributed by atoms with Gasteiger partial charge in [0.2, 0.25) is 5.91 Å². The first-order valence-electron chi connectivity index (χ1n) is 18.3. The molecule has 0 saturated heterocycles. The number of benzene rings is 2. The normalized spacial score (nSPS) is 13.4. The van der Waals surface area contributed by atoms with E-state index in [4.69, 9.17) is 30.0 Å². The highest BCUT2D eigenvalue weighted by Crippen LogP contribution is 2.34. The summed E-state index contributed by atoms with van der Waals surface area (Å²) in [5.74, 6) is 0.997. The molecule has 0 unspecified atom stereocenters. The van der Waals surface area contributed by atoms with E-state index in [0.29, 0.717) is 84.3 Å². The minimum atomic E-state index is -4.81. The molecule has 0 radical (unpaired) electrons. The Hall–Kier alpha value is -6.92. The number of unbranched alkanes of at least 4 members (excludes halogenated alkanes) is 2. The number of amides is 2. The van der Waals surface area contributed by atoms with Gasteiger partial charge in [0.05, 0.1) is 47.3 Å². The maximum absolute atomic E-state index is 13.6. The SMILES string of the molecule is CCN1C(=O)CNc2ncc(-c3ccc(-c4ncn(CCCCCO[C@@](C)(COc5ccc(C#N)cc5)C(=O)Nc5ccc(C#N)c(C(F)(F)F)c5)n4)nc3C)nc21. The molecule has 4 heterocycles. The number of aromatic nitrogens is 6. The number of nitriles is 2. The van der Waals surface area contributed by atoms with Gasteiger partial charge in [0, 0.05) is 36.6 Å². The van der Waals surface area contributed by atoms with Crippen molar-refractivity contribution >= 4 is 29.1 Å². The Morgan fingerprint density at radius 1 is 1.00 bits per heavy atom. The van der Waals surface area contributed by atoms with E-state index in [2.05, 4.69) is 25.7 Å². The maximum atomic E-state index is 13.6. The Morgan fingerprint density at radius 3 is 2.50 bits per heavy atom. The minimum absolute atomic E-state index is 0.0792. The average molecular weight is 794 g/mol. The zero-order valence-electron chi connectivity index (χ0n) is 31.8. The van der Waals surface area contributed by atoms with Crippen molar-refractivity contribution in [3.8, 4) is 40.7 Å². The molecule has 2 aromatic carbocycles. The van der Waals surface area contributed by atoms with Crippen molar-refractivity contribution in [1.29, 1.82) is 10.5 Å². The number of likely N-dealkylation sites (N-methyl/N-ethyl adjacent to an activating group) is 1. The maximum Gasteiger partial charge on any atom is 0.417 e. The second kappa shape index (κ2) is 17.5. The van der Waals surface area contributed by atoms with Crippen LogP contribution >= 0.6 is 0 Å². The molecule has 1 aliphatic heterocycles. The molecule has 58 heavy (non-hydrogen) atoms. The number of carbonyl (C=O) groups is 2. The fourth-order valence-electron chi connectivity index (χ4n) is 6.08. The van der Waals surface area contributed by atoms with Gasteiger partial charge in [-0.3, -0.25) is 19.2 Å². The van der Waals surface area contributed by atoms with Crippen LogP contribution in [0.15, 0.2) is 67.1 Å².